The van der Waals surface area contributed by atoms with Crippen LogP contribution in [0.1, 0.15) is 0 Å². The minimum Gasteiger partial charge on any atom is -0.152 e. The summed E-state index contributed by atoms with van der Waals surface area (Å²) in [6.07, 6.45) is 0. The Balaban J connectivity index is -0.0000000257. The molecule has 18 heteroatoms. The van der Waals surface area contributed by atoms with Crippen molar-refractivity contribution in [3.05, 3.63) is 0 Å². The second-order valence-corrected chi connectivity index (χ2v) is 2.30. The zero-order valence-corrected chi connectivity index (χ0v) is 16.0. The smallest absolute Gasteiger partial charge is 0.152 e. The Hall–Kier alpha value is 3.14. The van der Waals surface area contributed by atoms with Gasteiger partial charge in [0.1, 0.15) is 0 Å². The molecule has 0 N–H and O–H groups in total. The van der Waals surface area contributed by atoms with E-state index in [2.05, 4.69) is 0 Å². The van der Waals surface area contributed by atoms with Gasteiger partial charge in [-0.05, 0) is 0 Å². The van der Waals surface area contributed by atoms with E-state index in [1.807, 2.05) is 0 Å². The second-order valence-electron chi connectivity index (χ2n) is 0.767. The molecule has 0 nitrogen and oxygen atoms in total. The average Bonchev–Trinajstić information content (AvgIpc) is 1.76. The number of rotatable bonds is 0. The zero-order valence-electron chi connectivity index (χ0n) is 7.66. The number of hydrogen-bond acceptors (Lipinski definition) is 0. The maximum absolute atomic E-state index is 9.73. The van der Waals surface area contributed by atoms with Crippen molar-refractivity contribution in [3.8, 4) is 0 Å². The van der Waals surface area contributed by atoms with E-state index in [9.17, 15) is 50.4 Å². The SMILES string of the molecule is FP(F)F.FP(F)F.FP(F)F.FP(F)F.[K+].[Rh]. The van der Waals surface area contributed by atoms with E-state index in [4.69, 9.17) is 0 Å². The molecule has 0 spiro atoms. The standard InChI is InChI=1S/4F3P.K.Rh/c4*1-4(2)3;;/q;;;;+1;. The van der Waals surface area contributed by atoms with Gasteiger partial charge >= 0.3 is 86.8 Å². The molecule has 0 aliphatic carbocycles. The molecule has 0 bridgehead atoms. The van der Waals surface area contributed by atoms with Gasteiger partial charge < -0.3 is 0 Å². The summed E-state index contributed by atoms with van der Waals surface area (Å²) in [5, 5.41) is 0. The van der Waals surface area contributed by atoms with Gasteiger partial charge in [0.15, 0.2) is 0 Å². The summed E-state index contributed by atoms with van der Waals surface area (Å²) in [5.74, 6) is 0. The van der Waals surface area contributed by atoms with Crippen molar-refractivity contribution in [2.75, 3.05) is 0 Å². The maximum Gasteiger partial charge on any atom is 1.00 e. The zero-order chi connectivity index (χ0) is 14.3. The van der Waals surface area contributed by atoms with Crippen molar-refractivity contribution < 1.29 is 121 Å². The Morgan fingerprint density at radius 3 is 0.333 bits per heavy atom. The summed E-state index contributed by atoms with van der Waals surface area (Å²) in [5.41, 5.74) is 0. The Bertz CT molecular complexity index is 67.1. The molecule has 0 aromatic heterocycles. The molecular formula is F12KP4Rh+. The normalized spacial score (nSPS) is 8.00. The van der Waals surface area contributed by atoms with Gasteiger partial charge in [0.25, 0.3) is 0 Å². The summed E-state index contributed by atoms with van der Waals surface area (Å²) in [6.45, 7) is 0. The van der Waals surface area contributed by atoms with E-state index in [0.717, 1.165) is 0 Å². The van der Waals surface area contributed by atoms with Gasteiger partial charge in [-0.15, -0.1) is 0 Å². The first-order valence-corrected chi connectivity index (χ1v) is 6.09. The number of halogens is 12. The molecular weight excluding hydrogens is 494 g/mol. The Labute approximate surface area is 155 Å². The van der Waals surface area contributed by atoms with E-state index in [-0.39, 0.29) is 70.9 Å². The number of hydrogen-bond donors (Lipinski definition) is 0. The summed E-state index contributed by atoms with van der Waals surface area (Å²) in [7, 11) is -16.5. The van der Waals surface area contributed by atoms with Crippen LogP contribution in [0.4, 0.5) is 50.4 Å². The van der Waals surface area contributed by atoms with Crippen LogP contribution < -0.4 is 51.4 Å². The molecule has 0 aromatic carbocycles. The van der Waals surface area contributed by atoms with Gasteiger partial charge in [0, 0.05) is 19.5 Å². The van der Waals surface area contributed by atoms with Crippen molar-refractivity contribution in [1.82, 2.24) is 0 Å². The van der Waals surface area contributed by atoms with Crippen molar-refractivity contribution in [3.63, 3.8) is 0 Å². The van der Waals surface area contributed by atoms with Crippen LogP contribution in [0.15, 0.2) is 0 Å². The first-order valence-electron chi connectivity index (χ1n) is 2.03. The van der Waals surface area contributed by atoms with Crippen LogP contribution in [0, 0.1) is 0 Å². The van der Waals surface area contributed by atoms with Crippen LogP contribution in [0.2, 0.25) is 0 Å². The maximum atomic E-state index is 9.73. The quantitative estimate of drug-likeness (QED) is 0.238. The van der Waals surface area contributed by atoms with Crippen LogP contribution in [0.3, 0.4) is 0 Å². The fourth-order valence-electron chi connectivity index (χ4n) is 0. The van der Waals surface area contributed by atoms with E-state index >= 15 is 0 Å². The molecule has 0 aliphatic heterocycles. The average molecular weight is 494 g/mol. The fourth-order valence-corrected chi connectivity index (χ4v) is 0. The topological polar surface area (TPSA) is 0 Å². The van der Waals surface area contributed by atoms with E-state index in [1.165, 1.54) is 0 Å². The van der Waals surface area contributed by atoms with Gasteiger partial charge in [-0.3, -0.25) is 0 Å². The molecule has 0 amide bonds. The molecule has 0 aromatic rings. The molecule has 113 valence electrons. The molecule has 18 heavy (non-hydrogen) atoms. The monoisotopic (exact) mass is 494 g/mol. The molecule has 0 heterocycles. The fraction of sp³-hybridized carbons (Fsp3) is 0. The molecule has 0 fully saturated rings. The van der Waals surface area contributed by atoms with Gasteiger partial charge in [0.05, 0.1) is 0 Å². The Morgan fingerprint density at radius 2 is 0.333 bits per heavy atom. The van der Waals surface area contributed by atoms with Gasteiger partial charge in [-0.2, -0.15) is 50.4 Å². The van der Waals surface area contributed by atoms with Gasteiger partial charge in [-0.1, -0.05) is 0 Å². The van der Waals surface area contributed by atoms with Crippen LogP contribution in [0.5, 0.6) is 0 Å². The molecule has 0 aliphatic rings. The van der Waals surface area contributed by atoms with Crippen LogP contribution >= 0.6 is 35.4 Å². The molecule has 0 atom stereocenters. The molecule has 1 radical (unpaired) electrons. The van der Waals surface area contributed by atoms with Crippen molar-refractivity contribution in [1.29, 1.82) is 0 Å². The predicted octanol–water partition coefficient (Wildman–Crippen LogP) is 5.49. The first kappa shape index (κ1) is 37.4. The predicted molar refractivity (Wildman–Crippen MR) is 41.0 cm³/mol. The summed E-state index contributed by atoms with van der Waals surface area (Å²) in [4.78, 5) is 0. The third-order valence-electron chi connectivity index (χ3n) is 0. The Morgan fingerprint density at radius 1 is 0.333 bits per heavy atom. The van der Waals surface area contributed by atoms with Gasteiger partial charge in [0.2, 0.25) is 0 Å². The summed E-state index contributed by atoms with van der Waals surface area (Å²) < 4.78 is 117. The minimum absolute atomic E-state index is 0. The van der Waals surface area contributed by atoms with E-state index in [0.29, 0.717) is 0 Å². The Kier molecular flexibility index (Phi) is 66.9. The first-order chi connectivity index (χ1) is 6.93. The van der Waals surface area contributed by atoms with Gasteiger partial charge in [-0.25, -0.2) is 0 Å². The van der Waals surface area contributed by atoms with Crippen LogP contribution in [0.25, 0.3) is 0 Å². The summed E-state index contributed by atoms with van der Waals surface area (Å²) >= 11 is 0. The summed E-state index contributed by atoms with van der Waals surface area (Å²) in [6, 6.07) is 0. The molecule has 0 rings (SSSR count). The van der Waals surface area contributed by atoms with Crippen molar-refractivity contribution in [2.45, 2.75) is 0 Å². The molecule has 0 unspecified atom stereocenters. The third-order valence-corrected chi connectivity index (χ3v) is 0. The minimum atomic E-state index is -4.12. The largest absolute Gasteiger partial charge is 1.00 e. The molecule has 0 saturated heterocycles. The van der Waals surface area contributed by atoms with Crippen LogP contribution in [-0.4, -0.2) is 0 Å². The second kappa shape index (κ2) is 32.2. The van der Waals surface area contributed by atoms with Crippen molar-refractivity contribution >= 4 is 35.4 Å². The third kappa shape index (κ3) is 639. The van der Waals surface area contributed by atoms with Crippen LogP contribution in [-0.2, 0) is 19.5 Å². The van der Waals surface area contributed by atoms with E-state index in [1.54, 1.807) is 0 Å². The molecule has 0 saturated carbocycles. The van der Waals surface area contributed by atoms with Crippen molar-refractivity contribution in [2.24, 2.45) is 0 Å². The van der Waals surface area contributed by atoms with E-state index < -0.39 is 35.4 Å².